The van der Waals surface area contributed by atoms with E-state index in [1.807, 2.05) is 18.2 Å². The predicted molar refractivity (Wildman–Crippen MR) is 103 cm³/mol. The van der Waals surface area contributed by atoms with E-state index < -0.39 is 0 Å². The van der Waals surface area contributed by atoms with E-state index >= 15 is 0 Å². The number of nitrogens with two attached hydrogens (primary N) is 2. The summed E-state index contributed by atoms with van der Waals surface area (Å²) in [6, 6.07) is 19.0. The van der Waals surface area contributed by atoms with Gasteiger partial charge < -0.3 is 11.5 Å². The molecule has 3 rings (SSSR count). The van der Waals surface area contributed by atoms with E-state index in [-0.39, 0.29) is 11.7 Å². The average Bonchev–Trinajstić information content (AvgIpc) is 2.62. The highest BCUT2D eigenvalue weighted by molar-refractivity contribution is 6.30. The van der Waals surface area contributed by atoms with Crippen LogP contribution in [0.15, 0.2) is 70.9 Å². The number of anilines is 2. The van der Waals surface area contributed by atoms with Gasteiger partial charge in [-0.2, -0.15) is 5.11 Å². The summed E-state index contributed by atoms with van der Waals surface area (Å²) in [4.78, 5) is 4.12. The molecule has 126 valence electrons. The second-order valence-electron chi connectivity index (χ2n) is 5.68. The van der Waals surface area contributed by atoms with Crippen LogP contribution >= 0.6 is 11.6 Å². The van der Waals surface area contributed by atoms with Crippen molar-refractivity contribution in [2.45, 2.75) is 12.8 Å². The molecular weight excluding hydrogens is 334 g/mol. The third-order valence-corrected chi connectivity index (χ3v) is 4.18. The number of hydrogen-bond donors (Lipinski definition) is 2. The van der Waals surface area contributed by atoms with Crippen molar-refractivity contribution in [2.24, 2.45) is 10.2 Å². The van der Waals surface area contributed by atoms with Crippen LogP contribution in [0, 0.1) is 0 Å². The average molecular weight is 352 g/mol. The van der Waals surface area contributed by atoms with Crippen molar-refractivity contribution in [1.29, 1.82) is 0 Å². The highest BCUT2D eigenvalue weighted by atomic mass is 35.5. The summed E-state index contributed by atoms with van der Waals surface area (Å²) in [6.45, 7) is 2.07. The number of hydrogen-bond acceptors (Lipinski definition) is 5. The number of aromatic nitrogens is 1. The number of nitrogen functional groups attached to an aromatic ring is 2. The van der Waals surface area contributed by atoms with Crippen molar-refractivity contribution < 1.29 is 0 Å². The topological polar surface area (TPSA) is 89.6 Å². The van der Waals surface area contributed by atoms with Gasteiger partial charge in [-0.05, 0) is 41.5 Å². The zero-order valence-electron chi connectivity index (χ0n) is 13.7. The van der Waals surface area contributed by atoms with E-state index in [4.69, 9.17) is 23.1 Å². The molecule has 0 aliphatic rings. The number of benzene rings is 2. The molecule has 0 bridgehead atoms. The fourth-order valence-corrected chi connectivity index (χ4v) is 2.70. The molecule has 0 aliphatic heterocycles. The SMILES string of the molecule is CC(c1ccccc1)c1cc(N)nc(N)c1/N=N/c1ccc(Cl)cc1. The molecular formula is C19H18ClN5. The van der Waals surface area contributed by atoms with Gasteiger partial charge in [-0.1, -0.05) is 48.9 Å². The van der Waals surface area contributed by atoms with E-state index in [1.165, 1.54) is 0 Å². The lowest BCUT2D eigenvalue weighted by molar-refractivity contribution is 0.915. The summed E-state index contributed by atoms with van der Waals surface area (Å²) in [5, 5.41) is 9.23. The predicted octanol–water partition coefficient (Wildman–Crippen LogP) is 5.47. The van der Waals surface area contributed by atoms with Crippen LogP contribution in [0.3, 0.4) is 0 Å². The largest absolute Gasteiger partial charge is 0.384 e. The van der Waals surface area contributed by atoms with Crippen LogP contribution in [-0.2, 0) is 0 Å². The molecule has 25 heavy (non-hydrogen) atoms. The Hall–Kier alpha value is -2.92. The van der Waals surface area contributed by atoms with Gasteiger partial charge in [0.15, 0.2) is 5.82 Å². The van der Waals surface area contributed by atoms with Gasteiger partial charge in [0.05, 0.1) is 5.69 Å². The van der Waals surface area contributed by atoms with Gasteiger partial charge in [-0.3, -0.25) is 0 Å². The lowest BCUT2D eigenvalue weighted by atomic mass is 9.92. The van der Waals surface area contributed by atoms with Crippen molar-refractivity contribution in [3.05, 3.63) is 76.8 Å². The summed E-state index contributed by atoms with van der Waals surface area (Å²) >= 11 is 5.89. The van der Waals surface area contributed by atoms with Crippen molar-refractivity contribution in [1.82, 2.24) is 4.98 Å². The van der Waals surface area contributed by atoms with Gasteiger partial charge in [0.2, 0.25) is 0 Å². The molecule has 0 aliphatic carbocycles. The number of halogens is 1. The monoisotopic (exact) mass is 351 g/mol. The molecule has 6 heteroatoms. The molecule has 1 aromatic heterocycles. The molecule has 5 nitrogen and oxygen atoms in total. The number of pyridine rings is 1. The summed E-state index contributed by atoms with van der Waals surface area (Å²) in [5.41, 5.74) is 15.2. The number of azo groups is 1. The van der Waals surface area contributed by atoms with E-state index in [9.17, 15) is 0 Å². The van der Waals surface area contributed by atoms with Gasteiger partial charge in [0.1, 0.15) is 11.5 Å². The Morgan fingerprint density at radius 2 is 1.64 bits per heavy atom. The van der Waals surface area contributed by atoms with Gasteiger partial charge in [0.25, 0.3) is 0 Å². The van der Waals surface area contributed by atoms with Crippen molar-refractivity contribution in [3.8, 4) is 0 Å². The number of nitrogens with zero attached hydrogens (tertiary/aromatic N) is 3. The fraction of sp³-hybridized carbons (Fsp3) is 0.105. The first kappa shape index (κ1) is 16.9. The highest BCUT2D eigenvalue weighted by Gasteiger charge is 2.17. The third-order valence-electron chi connectivity index (χ3n) is 3.93. The Morgan fingerprint density at radius 3 is 2.32 bits per heavy atom. The Kier molecular flexibility index (Phi) is 4.95. The molecule has 1 atom stereocenters. The Balaban J connectivity index is 2.02. The molecule has 1 unspecified atom stereocenters. The Bertz CT molecular complexity index is 892. The summed E-state index contributed by atoms with van der Waals surface area (Å²) < 4.78 is 0. The van der Waals surface area contributed by atoms with E-state index in [0.29, 0.717) is 22.2 Å². The summed E-state index contributed by atoms with van der Waals surface area (Å²) in [7, 11) is 0. The maximum atomic E-state index is 6.06. The van der Waals surface area contributed by atoms with E-state index in [2.05, 4.69) is 34.3 Å². The highest BCUT2D eigenvalue weighted by Crippen LogP contribution is 2.37. The van der Waals surface area contributed by atoms with Gasteiger partial charge in [0, 0.05) is 10.9 Å². The Labute approximate surface area is 151 Å². The maximum Gasteiger partial charge on any atom is 0.154 e. The molecule has 0 fully saturated rings. The smallest absolute Gasteiger partial charge is 0.154 e. The van der Waals surface area contributed by atoms with Gasteiger partial charge >= 0.3 is 0 Å². The lowest BCUT2D eigenvalue weighted by Crippen LogP contribution is -2.03. The van der Waals surface area contributed by atoms with Crippen molar-refractivity contribution in [2.75, 3.05) is 11.5 Å². The molecule has 4 N–H and O–H groups in total. The molecule has 2 aromatic carbocycles. The van der Waals surface area contributed by atoms with Gasteiger partial charge in [-0.15, -0.1) is 5.11 Å². The van der Waals surface area contributed by atoms with Crippen LogP contribution in [0.4, 0.5) is 23.0 Å². The standard InChI is InChI=1S/C19H18ClN5/c1-12(13-5-3-2-4-6-13)16-11-17(21)23-19(22)18(16)25-24-15-9-7-14(20)8-10-15/h2-12H,1H3,(H4,21,22,23)/b25-24+. The molecule has 0 saturated carbocycles. The molecule has 1 heterocycles. The molecule has 0 radical (unpaired) electrons. The van der Waals surface area contributed by atoms with Crippen LogP contribution in [-0.4, -0.2) is 4.98 Å². The zero-order valence-corrected chi connectivity index (χ0v) is 14.5. The van der Waals surface area contributed by atoms with Crippen LogP contribution in [0.2, 0.25) is 5.02 Å². The van der Waals surface area contributed by atoms with Crippen LogP contribution in [0.1, 0.15) is 24.0 Å². The van der Waals surface area contributed by atoms with E-state index in [0.717, 1.165) is 11.1 Å². The first-order chi connectivity index (χ1) is 12.0. The minimum Gasteiger partial charge on any atom is -0.384 e. The van der Waals surface area contributed by atoms with Crippen LogP contribution < -0.4 is 11.5 Å². The quantitative estimate of drug-likeness (QED) is 0.611. The molecule has 0 saturated heterocycles. The van der Waals surface area contributed by atoms with Crippen LogP contribution in [0.5, 0.6) is 0 Å². The molecule has 0 spiro atoms. The second kappa shape index (κ2) is 7.32. The number of rotatable bonds is 4. The summed E-state index contributed by atoms with van der Waals surface area (Å²) in [5.74, 6) is 0.671. The van der Waals surface area contributed by atoms with E-state index in [1.54, 1.807) is 30.3 Å². The second-order valence-corrected chi connectivity index (χ2v) is 6.12. The first-order valence-electron chi connectivity index (χ1n) is 7.82. The lowest BCUT2D eigenvalue weighted by Gasteiger charge is -2.16. The van der Waals surface area contributed by atoms with Crippen molar-refractivity contribution >= 4 is 34.6 Å². The van der Waals surface area contributed by atoms with Gasteiger partial charge in [-0.25, -0.2) is 4.98 Å². The maximum absolute atomic E-state index is 6.06. The molecule has 3 aromatic rings. The minimum atomic E-state index is 0.0490. The Morgan fingerprint density at radius 1 is 0.960 bits per heavy atom. The zero-order chi connectivity index (χ0) is 17.8. The fourth-order valence-electron chi connectivity index (χ4n) is 2.58. The first-order valence-corrected chi connectivity index (χ1v) is 8.20. The summed E-state index contributed by atoms with van der Waals surface area (Å²) in [6.07, 6.45) is 0. The minimum absolute atomic E-state index is 0.0490. The third kappa shape index (κ3) is 3.95. The molecule has 0 amide bonds. The van der Waals surface area contributed by atoms with Crippen LogP contribution in [0.25, 0.3) is 0 Å². The van der Waals surface area contributed by atoms with Crippen molar-refractivity contribution in [3.63, 3.8) is 0 Å². The normalized spacial score (nSPS) is 12.4.